The number of H-pyrrole nitrogens is 3. The van der Waals surface area contributed by atoms with E-state index in [1.165, 1.54) is 111 Å². The number of aromatic amines is 3. The number of carbonyl (C=O) groups excluding carboxylic acids is 15. The van der Waals surface area contributed by atoms with E-state index in [-0.39, 0.29) is 78.0 Å². The molecule has 0 saturated heterocycles. The Bertz CT molecular complexity index is 5780. The number of hydrogen-bond donors (Lipinski definition) is 26. The minimum Gasteiger partial charge on any atom is -0.508 e. The summed E-state index contributed by atoms with van der Waals surface area (Å²) in [5.41, 5.74) is 9.14. The molecule has 15 amide bonds. The number of para-hydroxylation sites is 2. The number of nitrogens with zero attached hydrogens (tertiary/aromatic N) is 1. The number of aliphatic hydroxyl groups excluding tert-OH is 2. The maximum atomic E-state index is 15.6. The van der Waals surface area contributed by atoms with Gasteiger partial charge in [0.15, 0.2) is 0 Å². The summed E-state index contributed by atoms with van der Waals surface area (Å²) < 4.78 is 0. The summed E-state index contributed by atoms with van der Waals surface area (Å²) in [5, 5.41) is 110. The van der Waals surface area contributed by atoms with Gasteiger partial charge in [0, 0.05) is 110 Å². The van der Waals surface area contributed by atoms with Crippen LogP contribution in [0.3, 0.4) is 0 Å². The van der Waals surface area contributed by atoms with E-state index in [2.05, 4.69) is 107 Å². The number of nitrogens with two attached hydrogens (primary N) is 1. The van der Waals surface area contributed by atoms with Gasteiger partial charge in [-0.05, 0) is 133 Å². The maximum absolute atomic E-state index is 15.6. The number of benzene rings is 6. The first kappa shape index (κ1) is 107. The molecular weight excluding hydrogens is 1820 g/mol. The predicted molar refractivity (Wildman–Crippen MR) is 510 cm³/mol. The number of imidazole rings is 1. The van der Waals surface area contributed by atoms with Gasteiger partial charge in [0.05, 0.1) is 19.0 Å². The van der Waals surface area contributed by atoms with Gasteiger partial charge < -0.3 is 131 Å². The Morgan fingerprint density at radius 1 is 0.388 bits per heavy atom. The summed E-state index contributed by atoms with van der Waals surface area (Å²) in [6, 6.07) is 13.4. The van der Waals surface area contributed by atoms with E-state index >= 15 is 24.0 Å². The molecule has 742 valence electrons. The van der Waals surface area contributed by atoms with Gasteiger partial charge in [-0.25, -0.2) is 4.98 Å². The highest BCUT2D eigenvalue weighted by atomic mass is 32.1. The second-order valence-corrected chi connectivity index (χ2v) is 34.8. The SMILES string of the molecule is CC[C@H](C)[C@H](NC(=O)[C@H](CC(C)C)NC(=O)[C@@H](Cc1ccc(O)cc1)NC(C)=O)C(=O)N[C@@H](Cc1ccc(O)cc1)C(=O)N[C@@H](C)C(=O)N[C@@H](Cc1ccc(O)cc1)C(=O)N[C@@H](Cc1ccc(O)cc1)C(=O)N[C@H](C(=O)N[C@@H](Cc1c[nH]c2ccccc12)C(=O)N[C@@H](Cc1c[nH]c2ccccc12)C(=O)N[C@@H](CCC(=O)O)C(=O)N[C@@H](Cc1cnc[nH]1)C(=O)N[C@@H](CO)C(=O)N[C@@H](CS)C(N)=O)[C@@H](C)O. The lowest BCUT2D eigenvalue weighted by atomic mass is 9.95. The molecule has 0 fully saturated rings. The van der Waals surface area contributed by atoms with E-state index < -0.39 is 236 Å². The van der Waals surface area contributed by atoms with Crippen molar-refractivity contribution >= 4 is 129 Å². The third-order valence-electron chi connectivity index (χ3n) is 23.1. The van der Waals surface area contributed by atoms with Crippen molar-refractivity contribution in [2.24, 2.45) is 17.6 Å². The van der Waals surface area contributed by atoms with Crippen LogP contribution in [0.4, 0.5) is 0 Å². The van der Waals surface area contributed by atoms with Gasteiger partial charge in [-0.1, -0.05) is 119 Å². The quantitative estimate of drug-likeness (QED) is 0.0219. The molecule has 3 heterocycles. The fourth-order valence-corrected chi connectivity index (χ4v) is 15.5. The van der Waals surface area contributed by atoms with Crippen molar-refractivity contribution in [3.8, 4) is 23.0 Å². The number of aromatic hydroxyl groups is 4. The summed E-state index contributed by atoms with van der Waals surface area (Å²) in [4.78, 5) is 242. The molecule has 0 aliphatic carbocycles. The summed E-state index contributed by atoms with van der Waals surface area (Å²) in [7, 11) is 0. The normalized spacial score (nSPS) is 14.7. The summed E-state index contributed by atoms with van der Waals surface area (Å²) in [6.07, 6.45) is 0.355. The van der Waals surface area contributed by atoms with Gasteiger partial charge in [-0.3, -0.25) is 76.7 Å². The molecule has 43 heteroatoms. The zero-order valence-corrected chi connectivity index (χ0v) is 78.2. The molecule has 0 bridgehead atoms. The molecule has 6 aromatic carbocycles. The Morgan fingerprint density at radius 3 is 1.12 bits per heavy atom. The molecule has 0 spiro atoms. The number of fused-ring (bicyclic) bond motifs is 2. The Hall–Kier alpha value is -15.4. The van der Waals surface area contributed by atoms with Crippen molar-refractivity contribution in [2.45, 2.75) is 210 Å². The lowest BCUT2D eigenvalue weighted by molar-refractivity contribution is -0.139. The molecule has 139 heavy (non-hydrogen) atoms. The molecule has 3 aromatic heterocycles. The number of aliphatic carboxylic acids is 1. The Kier molecular flexibility index (Phi) is 39.8. The monoisotopic (exact) mass is 1940 g/mol. The van der Waals surface area contributed by atoms with Crippen LogP contribution < -0.4 is 80.2 Å². The number of amides is 15. The van der Waals surface area contributed by atoms with Crippen molar-refractivity contribution in [2.75, 3.05) is 12.4 Å². The van der Waals surface area contributed by atoms with E-state index in [0.29, 0.717) is 49.6 Å². The maximum Gasteiger partial charge on any atom is 0.303 e. The van der Waals surface area contributed by atoms with Crippen molar-refractivity contribution < 1.29 is 112 Å². The van der Waals surface area contributed by atoms with Crippen molar-refractivity contribution in [1.29, 1.82) is 0 Å². The summed E-state index contributed by atoms with van der Waals surface area (Å²) >= 11 is 4.02. The van der Waals surface area contributed by atoms with Crippen LogP contribution in [-0.2, 0) is 122 Å². The number of primary amides is 1. The molecule has 9 aromatic rings. The highest BCUT2D eigenvalue weighted by Gasteiger charge is 2.41. The fourth-order valence-electron chi connectivity index (χ4n) is 15.2. The Labute approximate surface area is 804 Å². The summed E-state index contributed by atoms with van der Waals surface area (Å²) in [6.45, 7) is 9.57. The van der Waals surface area contributed by atoms with Crippen LogP contribution >= 0.6 is 12.6 Å². The van der Waals surface area contributed by atoms with Gasteiger partial charge in [0.1, 0.15) is 108 Å². The van der Waals surface area contributed by atoms with Crippen molar-refractivity contribution in [1.82, 2.24) is 94.4 Å². The molecule has 9 rings (SSSR count). The summed E-state index contributed by atoms with van der Waals surface area (Å²) in [5.74, 6) is -18.1. The van der Waals surface area contributed by atoms with E-state index in [1.807, 2.05) is 0 Å². The molecule has 0 aliphatic rings. The Balaban J connectivity index is 0.975. The number of nitrogens with one attached hydrogen (secondary N) is 17. The highest BCUT2D eigenvalue weighted by molar-refractivity contribution is 7.80. The van der Waals surface area contributed by atoms with Gasteiger partial charge in [-0.2, -0.15) is 12.6 Å². The first-order chi connectivity index (χ1) is 66.1. The zero-order chi connectivity index (χ0) is 101. The second-order valence-electron chi connectivity index (χ2n) is 34.4. The van der Waals surface area contributed by atoms with Gasteiger partial charge in [-0.15, -0.1) is 0 Å². The number of thiol groups is 1. The third kappa shape index (κ3) is 32.4. The average Bonchev–Trinajstić information content (AvgIpc) is 1.72. The molecule has 16 atom stereocenters. The van der Waals surface area contributed by atoms with Gasteiger partial charge >= 0.3 is 5.97 Å². The molecular formula is C96H119N19O23S. The average molecular weight is 1940 g/mol. The van der Waals surface area contributed by atoms with E-state index in [1.54, 1.807) is 101 Å². The lowest BCUT2D eigenvalue weighted by Gasteiger charge is -2.30. The number of rotatable bonds is 52. The first-order valence-electron chi connectivity index (χ1n) is 45.0. The van der Waals surface area contributed by atoms with Crippen LogP contribution in [0.5, 0.6) is 23.0 Å². The van der Waals surface area contributed by atoms with Crippen LogP contribution in [0.2, 0.25) is 0 Å². The predicted octanol–water partition coefficient (Wildman–Crippen LogP) is -0.234. The molecule has 42 nitrogen and oxygen atoms in total. The minimum atomic E-state index is -2.04. The van der Waals surface area contributed by atoms with Crippen molar-refractivity contribution in [3.63, 3.8) is 0 Å². The molecule has 0 aliphatic heterocycles. The second kappa shape index (κ2) is 51.5. The van der Waals surface area contributed by atoms with Crippen LogP contribution in [0, 0.1) is 11.8 Å². The number of aliphatic hydroxyl groups is 2. The number of carboxylic acid groups (broad SMARTS) is 1. The molecule has 0 saturated carbocycles. The van der Waals surface area contributed by atoms with Crippen LogP contribution in [-0.4, -0.2) is 253 Å². The number of phenolic OH excluding ortho intramolecular Hbond substituents is 4. The van der Waals surface area contributed by atoms with Crippen LogP contribution in [0.15, 0.2) is 171 Å². The minimum absolute atomic E-state index is 0.0287. The smallest absolute Gasteiger partial charge is 0.303 e. The number of phenols is 4. The Morgan fingerprint density at radius 2 is 0.727 bits per heavy atom. The number of hydrogen-bond acceptors (Lipinski definition) is 24. The molecule has 0 unspecified atom stereocenters. The van der Waals surface area contributed by atoms with E-state index in [4.69, 9.17) is 5.73 Å². The third-order valence-corrected chi connectivity index (χ3v) is 23.4. The van der Waals surface area contributed by atoms with Crippen molar-refractivity contribution in [3.05, 3.63) is 210 Å². The number of carboxylic acids is 1. The number of carbonyl (C=O) groups is 16. The zero-order valence-electron chi connectivity index (χ0n) is 77.3. The largest absolute Gasteiger partial charge is 0.508 e. The van der Waals surface area contributed by atoms with Crippen LogP contribution in [0.1, 0.15) is 113 Å². The molecule has 0 radical (unpaired) electrons. The van der Waals surface area contributed by atoms with E-state index in [0.717, 1.165) is 6.92 Å². The standard InChI is InChI=1S/C96H119N19O23S/c1-8-50(4)81(114-92(134)70(35-49(2)3)106-87(129)71(103-53(7)118)36-54-17-25-61(119)26-18-54)95(137)110-72(37-55-19-27-62(120)28-20-55)86(128)102-51(5)84(126)105-73(38-56-21-29-63(121)30-22-56)88(130)107-74(39-57-23-31-64(122)32-24-57)93(135)115-82(52(6)117)96(138)111-76(41-59-44-100-68-16-12-10-14-66(59)68)90(132)108-75(40-58-43-99-67-15-11-9-13-65(58)67)89(131)104-69(33-34-80(123)124)85(127)109-77(42-60-45-98-48-101-60)91(133)112-78(46-116)94(136)113-79(47-139)83(97)125/h9-32,43-45,48-52,69-79,81-82,99-100,116-117,119-122,139H,8,33-42,46-47H2,1-7H3,(H2,97,125)(H,98,101)(H,102,128)(H,103,118)(H,104,131)(H,105,126)(H,106,129)(H,107,130)(H,108,132)(H,109,127)(H,110,137)(H,111,138)(H,112,133)(H,113,136)(H,114,134)(H,115,135)(H,123,124)/t50-,51-,52+,69-,70-,71+,72-,73-,74-,75-,76-,77-,78-,79-,81-,82-/m0/s1. The first-order valence-corrected chi connectivity index (χ1v) is 45.6. The molecule has 26 N–H and O–H groups in total. The highest BCUT2D eigenvalue weighted by Crippen LogP contribution is 2.25. The topological polar surface area (TPSA) is 669 Å². The van der Waals surface area contributed by atoms with E-state index in [9.17, 15) is 88.5 Å². The number of aromatic nitrogens is 4. The van der Waals surface area contributed by atoms with Gasteiger partial charge in [0.2, 0.25) is 88.6 Å². The van der Waals surface area contributed by atoms with Gasteiger partial charge in [0.25, 0.3) is 0 Å². The fraction of sp³-hybridized carbons (Fsp3) is 0.385. The van der Waals surface area contributed by atoms with Crippen LogP contribution in [0.25, 0.3) is 21.8 Å². The lowest BCUT2D eigenvalue weighted by Crippen LogP contribution is -2.63.